The standard InChI is InChI=1S/C26H27F2N5O2/c1-32-10-8-22(9-11-32)33-16-21(15-30-33)18-2-3-19-14-29-24(13-20(19)12-18)31-25(34)17-4-6-23(7-5-17)35-26(27)28/h3-7,12-16,18,22,26H,2,8-11H2,1H3,(H,31,34). The van der Waals surface area contributed by atoms with Crippen LogP contribution < -0.4 is 20.5 Å². The molecule has 1 N–H and O–H groups in total. The van der Waals surface area contributed by atoms with Crippen molar-refractivity contribution in [3.05, 3.63) is 70.5 Å². The number of rotatable bonds is 6. The summed E-state index contributed by atoms with van der Waals surface area (Å²) in [6, 6.07) is 7.83. The zero-order valence-electron chi connectivity index (χ0n) is 19.4. The average molecular weight is 480 g/mol. The van der Waals surface area contributed by atoms with Gasteiger partial charge in [-0.1, -0.05) is 12.2 Å². The van der Waals surface area contributed by atoms with Gasteiger partial charge in [0.2, 0.25) is 0 Å². The van der Waals surface area contributed by atoms with E-state index in [4.69, 9.17) is 0 Å². The fourth-order valence-electron chi connectivity index (χ4n) is 4.62. The van der Waals surface area contributed by atoms with Crippen molar-refractivity contribution < 1.29 is 18.3 Å². The summed E-state index contributed by atoms with van der Waals surface area (Å²) in [5.74, 6) is 0.250. The molecule has 1 saturated heterocycles. The summed E-state index contributed by atoms with van der Waals surface area (Å²) in [6.07, 6.45) is 13.3. The first-order valence-electron chi connectivity index (χ1n) is 11.7. The number of nitrogens with zero attached hydrogens (tertiary/aromatic N) is 4. The number of carbonyl (C=O) groups is 1. The summed E-state index contributed by atoms with van der Waals surface area (Å²) in [5.41, 5.74) is 1.50. The number of likely N-dealkylation sites (tertiary alicyclic amines) is 1. The van der Waals surface area contributed by atoms with Crippen LogP contribution in [0.4, 0.5) is 14.6 Å². The van der Waals surface area contributed by atoms with Crippen molar-refractivity contribution in [3.63, 3.8) is 0 Å². The summed E-state index contributed by atoms with van der Waals surface area (Å²) < 4.78 is 31.1. The first-order chi connectivity index (χ1) is 16.9. The molecular formula is C26H27F2N5O2. The van der Waals surface area contributed by atoms with Gasteiger partial charge in [0.25, 0.3) is 5.91 Å². The smallest absolute Gasteiger partial charge is 0.387 e. The van der Waals surface area contributed by atoms with Crippen molar-refractivity contribution in [2.75, 3.05) is 25.5 Å². The van der Waals surface area contributed by atoms with E-state index in [2.05, 4.69) is 55.1 Å². The van der Waals surface area contributed by atoms with Crippen LogP contribution in [0.1, 0.15) is 47.1 Å². The number of amides is 1. The summed E-state index contributed by atoms with van der Waals surface area (Å²) in [7, 11) is 2.15. The van der Waals surface area contributed by atoms with E-state index in [9.17, 15) is 13.6 Å². The number of nitrogens with one attached hydrogen (secondary N) is 1. The molecule has 0 radical (unpaired) electrons. The molecule has 1 unspecified atom stereocenters. The van der Waals surface area contributed by atoms with Crippen molar-refractivity contribution in [1.29, 1.82) is 0 Å². The first-order valence-corrected chi connectivity index (χ1v) is 11.7. The van der Waals surface area contributed by atoms with Crippen LogP contribution in [0.3, 0.4) is 0 Å². The maximum absolute atomic E-state index is 12.6. The Labute approximate surface area is 201 Å². The number of fused-ring (bicyclic) bond motifs is 1. The molecule has 0 spiro atoms. The number of pyridine rings is 1. The first kappa shape index (κ1) is 23.2. The second-order valence-corrected chi connectivity index (χ2v) is 9.06. The van der Waals surface area contributed by atoms with E-state index >= 15 is 0 Å². The highest BCUT2D eigenvalue weighted by atomic mass is 19.3. The highest BCUT2D eigenvalue weighted by Gasteiger charge is 2.21. The van der Waals surface area contributed by atoms with Gasteiger partial charge in [-0.15, -0.1) is 0 Å². The van der Waals surface area contributed by atoms with E-state index in [1.165, 1.54) is 29.8 Å². The van der Waals surface area contributed by atoms with Crippen LogP contribution >= 0.6 is 0 Å². The van der Waals surface area contributed by atoms with E-state index in [1.807, 2.05) is 12.3 Å². The molecule has 1 amide bonds. The van der Waals surface area contributed by atoms with Gasteiger partial charge in [-0.3, -0.25) is 9.48 Å². The van der Waals surface area contributed by atoms with Crippen LogP contribution in [-0.2, 0) is 0 Å². The fraction of sp³-hybridized carbons (Fsp3) is 0.346. The second kappa shape index (κ2) is 9.95. The minimum absolute atomic E-state index is 0.00113. The molecular weight excluding hydrogens is 452 g/mol. The number of halogens is 2. The van der Waals surface area contributed by atoms with Crippen LogP contribution in [0.5, 0.6) is 5.75 Å². The Bertz CT molecular complexity index is 1310. The van der Waals surface area contributed by atoms with Gasteiger partial charge in [-0.2, -0.15) is 13.9 Å². The van der Waals surface area contributed by atoms with E-state index in [-0.39, 0.29) is 17.6 Å². The molecule has 1 atom stereocenters. The lowest BCUT2D eigenvalue weighted by molar-refractivity contribution is -0.0498. The van der Waals surface area contributed by atoms with Gasteiger partial charge in [0, 0.05) is 23.9 Å². The molecule has 1 aromatic carbocycles. The van der Waals surface area contributed by atoms with E-state index in [0.717, 1.165) is 42.8 Å². The number of aromatic nitrogens is 3. The highest BCUT2D eigenvalue weighted by molar-refractivity contribution is 6.03. The van der Waals surface area contributed by atoms with Crippen LogP contribution in [0, 0.1) is 0 Å². The molecule has 1 aliphatic heterocycles. The number of benzene rings is 1. The Hall–Kier alpha value is -3.59. The van der Waals surface area contributed by atoms with Crippen LogP contribution in [0.25, 0.3) is 12.2 Å². The Morgan fingerprint density at radius 2 is 1.91 bits per heavy atom. The minimum Gasteiger partial charge on any atom is -0.435 e. The highest BCUT2D eigenvalue weighted by Crippen LogP contribution is 2.26. The third kappa shape index (κ3) is 5.40. The quantitative estimate of drug-likeness (QED) is 0.588. The molecule has 35 heavy (non-hydrogen) atoms. The summed E-state index contributed by atoms with van der Waals surface area (Å²) in [6.45, 7) is -0.730. The van der Waals surface area contributed by atoms with Crippen molar-refractivity contribution in [2.45, 2.75) is 37.8 Å². The molecule has 7 nitrogen and oxygen atoms in total. The van der Waals surface area contributed by atoms with E-state index in [0.29, 0.717) is 17.4 Å². The Morgan fingerprint density at radius 3 is 2.66 bits per heavy atom. The minimum atomic E-state index is -2.91. The molecule has 3 aromatic rings. The number of hydrogen-bond donors (Lipinski definition) is 1. The molecule has 1 aliphatic carbocycles. The maximum atomic E-state index is 12.6. The van der Waals surface area contributed by atoms with Crippen molar-refractivity contribution in [3.8, 4) is 5.75 Å². The summed E-state index contributed by atoms with van der Waals surface area (Å²) in [5, 5.41) is 9.46. The molecule has 2 aliphatic rings. The van der Waals surface area contributed by atoms with Gasteiger partial charge in [-0.25, -0.2) is 4.98 Å². The second-order valence-electron chi connectivity index (χ2n) is 9.06. The lowest BCUT2D eigenvalue weighted by Crippen LogP contribution is -2.31. The number of anilines is 1. The molecule has 9 heteroatoms. The van der Waals surface area contributed by atoms with Crippen molar-refractivity contribution >= 4 is 23.9 Å². The van der Waals surface area contributed by atoms with Crippen molar-refractivity contribution in [2.24, 2.45) is 0 Å². The SMILES string of the molecule is CN1CCC(n2cc(C3C=c4cc(NC(=O)c5ccc(OC(F)F)cc5)ncc4=CC3)cn2)CC1. The van der Waals surface area contributed by atoms with Crippen LogP contribution in [-0.4, -0.2) is 52.3 Å². The average Bonchev–Trinajstić information content (AvgIpc) is 3.34. The molecule has 0 saturated carbocycles. The molecule has 182 valence electrons. The zero-order chi connectivity index (χ0) is 24.4. The maximum Gasteiger partial charge on any atom is 0.387 e. The third-order valence-electron chi connectivity index (χ3n) is 6.64. The van der Waals surface area contributed by atoms with Gasteiger partial charge in [0.05, 0.1) is 12.2 Å². The van der Waals surface area contributed by atoms with Gasteiger partial charge in [0.1, 0.15) is 11.6 Å². The molecule has 3 heterocycles. The van der Waals surface area contributed by atoms with Gasteiger partial charge in [-0.05, 0) is 85.7 Å². The lowest BCUT2D eigenvalue weighted by atomic mass is 9.93. The molecule has 5 rings (SSSR count). The molecule has 1 fully saturated rings. The van der Waals surface area contributed by atoms with E-state index in [1.54, 1.807) is 6.20 Å². The predicted octanol–water partition coefficient (Wildman–Crippen LogP) is 3.15. The number of hydrogen-bond acceptors (Lipinski definition) is 5. The van der Waals surface area contributed by atoms with Crippen LogP contribution in [0.2, 0.25) is 0 Å². The largest absolute Gasteiger partial charge is 0.435 e. The zero-order valence-corrected chi connectivity index (χ0v) is 19.4. The number of alkyl halides is 2. The fourth-order valence-corrected chi connectivity index (χ4v) is 4.62. The number of carbonyl (C=O) groups excluding carboxylic acids is 1. The van der Waals surface area contributed by atoms with E-state index < -0.39 is 6.61 Å². The normalized spacial score (nSPS) is 18.5. The lowest BCUT2D eigenvalue weighted by Gasteiger charge is -2.29. The number of piperidine rings is 1. The Morgan fingerprint density at radius 1 is 1.14 bits per heavy atom. The Kier molecular flexibility index (Phi) is 6.59. The predicted molar refractivity (Wildman–Crippen MR) is 129 cm³/mol. The van der Waals surface area contributed by atoms with Gasteiger partial charge >= 0.3 is 6.61 Å². The summed E-state index contributed by atoms with van der Waals surface area (Å²) in [4.78, 5) is 19.3. The monoisotopic (exact) mass is 479 g/mol. The summed E-state index contributed by atoms with van der Waals surface area (Å²) >= 11 is 0. The van der Waals surface area contributed by atoms with Crippen molar-refractivity contribution in [1.82, 2.24) is 19.7 Å². The van der Waals surface area contributed by atoms with Crippen LogP contribution in [0.15, 0.2) is 48.9 Å². The molecule has 2 aromatic heterocycles. The van der Waals surface area contributed by atoms with Gasteiger partial charge in [0.15, 0.2) is 0 Å². The third-order valence-corrected chi connectivity index (χ3v) is 6.64. The number of ether oxygens (including phenoxy) is 1. The Balaban J connectivity index is 1.29. The van der Waals surface area contributed by atoms with Gasteiger partial charge < -0.3 is 15.0 Å². The topological polar surface area (TPSA) is 72.3 Å². The molecule has 0 bridgehead atoms.